The maximum atomic E-state index is 12.1. The van der Waals surface area contributed by atoms with Crippen molar-refractivity contribution in [3.63, 3.8) is 0 Å². The van der Waals surface area contributed by atoms with Crippen molar-refractivity contribution < 1.29 is 32.6 Å². The van der Waals surface area contributed by atoms with Crippen molar-refractivity contribution in [3.05, 3.63) is 17.8 Å². The number of hydrogen-bond acceptors (Lipinski definition) is 6. The highest BCUT2D eigenvalue weighted by molar-refractivity contribution is 5.74. The maximum Gasteiger partial charge on any atom is 0.490 e. The van der Waals surface area contributed by atoms with Gasteiger partial charge in [-0.15, -0.1) is 5.10 Å². The number of alkyl halides is 3. The standard InChI is InChI=1S/C14H21N5O2.C2HF3O2/c1-10-4-5-13(16-15-10)19-6-7-21-12-9-18(8-11(12)19)14(20)17(2)3;3-2(4,5)1(6)7/h4-5,11-12H,6-9H2,1-3H3;(H,6,7)/t11-,12+;/m1./s1. The number of aryl methyl sites for hydroxylation is 1. The summed E-state index contributed by atoms with van der Waals surface area (Å²) in [4.78, 5) is 26.7. The van der Waals surface area contributed by atoms with Crippen LogP contribution in [0, 0.1) is 6.92 Å². The molecule has 3 heterocycles. The third kappa shape index (κ3) is 5.21. The summed E-state index contributed by atoms with van der Waals surface area (Å²) in [5.41, 5.74) is 0.902. The summed E-state index contributed by atoms with van der Waals surface area (Å²) in [5, 5.41) is 15.5. The van der Waals surface area contributed by atoms with E-state index in [-0.39, 0.29) is 18.2 Å². The Kier molecular flexibility index (Phi) is 6.65. The Bertz CT molecular complexity index is 699. The molecule has 2 aliphatic heterocycles. The van der Waals surface area contributed by atoms with Gasteiger partial charge in [0.05, 0.1) is 31.0 Å². The lowest BCUT2D eigenvalue weighted by atomic mass is 10.1. The molecule has 3 rings (SSSR count). The third-order valence-corrected chi connectivity index (χ3v) is 4.28. The quantitative estimate of drug-likeness (QED) is 0.744. The molecule has 0 spiro atoms. The van der Waals surface area contributed by atoms with Crippen LogP contribution in [0.15, 0.2) is 12.1 Å². The molecule has 12 heteroatoms. The van der Waals surface area contributed by atoms with E-state index in [0.717, 1.165) is 18.1 Å². The van der Waals surface area contributed by atoms with Crippen molar-refractivity contribution in [1.82, 2.24) is 20.0 Å². The number of rotatable bonds is 1. The van der Waals surface area contributed by atoms with E-state index < -0.39 is 12.1 Å². The predicted molar refractivity (Wildman–Crippen MR) is 92.0 cm³/mol. The number of carboxylic acid groups (broad SMARTS) is 1. The molecule has 0 aliphatic carbocycles. The minimum absolute atomic E-state index is 0.0305. The molecule has 2 aliphatic rings. The van der Waals surface area contributed by atoms with Crippen LogP contribution >= 0.6 is 0 Å². The minimum Gasteiger partial charge on any atom is -0.475 e. The van der Waals surface area contributed by atoms with E-state index in [1.54, 1.807) is 19.0 Å². The van der Waals surface area contributed by atoms with E-state index in [2.05, 4.69) is 15.1 Å². The van der Waals surface area contributed by atoms with Crippen LogP contribution in [-0.4, -0.2) is 95.8 Å². The van der Waals surface area contributed by atoms with Crippen molar-refractivity contribution >= 4 is 17.8 Å². The van der Waals surface area contributed by atoms with Crippen LogP contribution in [0.4, 0.5) is 23.8 Å². The van der Waals surface area contributed by atoms with E-state index in [4.69, 9.17) is 14.6 Å². The second-order valence-corrected chi connectivity index (χ2v) is 6.59. The van der Waals surface area contributed by atoms with E-state index in [0.29, 0.717) is 19.7 Å². The first-order valence-corrected chi connectivity index (χ1v) is 8.45. The number of aromatic nitrogens is 2. The largest absolute Gasteiger partial charge is 0.490 e. The Hall–Kier alpha value is -2.63. The van der Waals surface area contributed by atoms with E-state index in [1.807, 2.05) is 24.0 Å². The number of carboxylic acids is 1. The number of ether oxygens (including phenoxy) is 1. The molecular formula is C16H22F3N5O4. The first kappa shape index (κ1) is 21.7. The van der Waals surface area contributed by atoms with Gasteiger partial charge in [-0.1, -0.05) is 0 Å². The lowest BCUT2D eigenvalue weighted by Crippen LogP contribution is -2.51. The molecule has 0 saturated carbocycles. The maximum absolute atomic E-state index is 12.1. The molecule has 2 atom stereocenters. The Morgan fingerprint density at radius 1 is 1.25 bits per heavy atom. The van der Waals surface area contributed by atoms with Gasteiger partial charge in [-0.3, -0.25) is 0 Å². The summed E-state index contributed by atoms with van der Waals surface area (Å²) >= 11 is 0. The summed E-state index contributed by atoms with van der Waals surface area (Å²) in [7, 11) is 3.54. The summed E-state index contributed by atoms with van der Waals surface area (Å²) in [5.74, 6) is -1.90. The molecular weight excluding hydrogens is 383 g/mol. The molecule has 28 heavy (non-hydrogen) atoms. The number of fused-ring (bicyclic) bond motifs is 1. The summed E-state index contributed by atoms with van der Waals surface area (Å²) in [6.07, 6.45) is -5.04. The van der Waals surface area contributed by atoms with Gasteiger partial charge in [-0.2, -0.15) is 18.3 Å². The topological polar surface area (TPSA) is 99.1 Å². The highest BCUT2D eigenvalue weighted by atomic mass is 19.4. The summed E-state index contributed by atoms with van der Waals surface area (Å²) < 4.78 is 37.6. The molecule has 2 amide bonds. The number of urea groups is 1. The molecule has 9 nitrogen and oxygen atoms in total. The van der Waals surface area contributed by atoms with Crippen LogP contribution in [0.3, 0.4) is 0 Å². The molecule has 0 unspecified atom stereocenters. The van der Waals surface area contributed by atoms with Gasteiger partial charge >= 0.3 is 18.2 Å². The molecule has 2 fully saturated rings. The molecule has 156 valence electrons. The average molecular weight is 405 g/mol. The zero-order valence-corrected chi connectivity index (χ0v) is 15.7. The van der Waals surface area contributed by atoms with Crippen LogP contribution in [0.25, 0.3) is 0 Å². The molecule has 0 aromatic carbocycles. The molecule has 2 saturated heterocycles. The van der Waals surface area contributed by atoms with Crippen LogP contribution in [0.1, 0.15) is 5.69 Å². The van der Waals surface area contributed by atoms with Crippen molar-refractivity contribution in [3.8, 4) is 0 Å². The fraction of sp³-hybridized carbons (Fsp3) is 0.625. The Labute approximate surface area is 159 Å². The number of carbonyl (C=O) groups is 2. The van der Waals surface area contributed by atoms with Gasteiger partial charge in [0.1, 0.15) is 0 Å². The number of hydrogen-bond donors (Lipinski definition) is 1. The van der Waals surface area contributed by atoms with Gasteiger partial charge in [0, 0.05) is 27.2 Å². The summed E-state index contributed by atoms with van der Waals surface area (Å²) in [6, 6.07) is 4.13. The monoisotopic (exact) mass is 405 g/mol. The van der Waals surface area contributed by atoms with Crippen molar-refractivity contribution in [2.24, 2.45) is 0 Å². The number of nitrogens with zero attached hydrogens (tertiary/aromatic N) is 5. The van der Waals surface area contributed by atoms with Gasteiger partial charge in [0.2, 0.25) is 0 Å². The summed E-state index contributed by atoms with van der Waals surface area (Å²) in [6.45, 7) is 4.66. The molecule has 1 aromatic rings. The van der Waals surface area contributed by atoms with E-state index >= 15 is 0 Å². The van der Waals surface area contributed by atoms with E-state index in [1.165, 1.54) is 0 Å². The molecule has 0 bridgehead atoms. The van der Waals surface area contributed by atoms with Crippen LogP contribution in [0.5, 0.6) is 0 Å². The van der Waals surface area contributed by atoms with Crippen molar-refractivity contribution in [2.45, 2.75) is 25.2 Å². The Balaban J connectivity index is 0.000000345. The Morgan fingerprint density at radius 3 is 2.39 bits per heavy atom. The van der Waals surface area contributed by atoms with Crippen LogP contribution < -0.4 is 4.90 Å². The van der Waals surface area contributed by atoms with Gasteiger partial charge in [-0.25, -0.2) is 9.59 Å². The Morgan fingerprint density at radius 2 is 1.89 bits per heavy atom. The molecule has 0 radical (unpaired) electrons. The second kappa shape index (κ2) is 8.59. The smallest absolute Gasteiger partial charge is 0.475 e. The second-order valence-electron chi connectivity index (χ2n) is 6.59. The van der Waals surface area contributed by atoms with Crippen molar-refractivity contribution in [2.75, 3.05) is 45.2 Å². The number of aliphatic carboxylic acids is 1. The number of carbonyl (C=O) groups excluding carboxylic acids is 1. The number of halogens is 3. The van der Waals surface area contributed by atoms with E-state index in [9.17, 15) is 18.0 Å². The zero-order chi connectivity index (χ0) is 21.1. The zero-order valence-electron chi connectivity index (χ0n) is 15.7. The number of likely N-dealkylation sites (tertiary alicyclic amines) is 1. The van der Waals surface area contributed by atoms with Gasteiger partial charge in [-0.05, 0) is 19.1 Å². The predicted octanol–water partition coefficient (Wildman–Crippen LogP) is 0.989. The average Bonchev–Trinajstić information content (AvgIpc) is 3.05. The normalized spacial score (nSPS) is 21.5. The minimum atomic E-state index is -5.08. The number of morpholine rings is 1. The number of anilines is 1. The van der Waals surface area contributed by atoms with Gasteiger partial charge < -0.3 is 24.5 Å². The molecule has 1 aromatic heterocycles. The SMILES string of the molecule is Cc1ccc(N2CCO[C@H]3CN(C(=O)N(C)C)C[C@H]32)nn1.O=C(O)C(F)(F)F. The van der Waals surface area contributed by atoms with Crippen molar-refractivity contribution in [1.29, 1.82) is 0 Å². The van der Waals surface area contributed by atoms with Gasteiger partial charge in [0.15, 0.2) is 5.82 Å². The van der Waals surface area contributed by atoms with Crippen LogP contribution in [-0.2, 0) is 9.53 Å². The fourth-order valence-electron chi connectivity index (χ4n) is 2.96. The van der Waals surface area contributed by atoms with Gasteiger partial charge in [0.25, 0.3) is 0 Å². The highest BCUT2D eigenvalue weighted by Crippen LogP contribution is 2.27. The molecule has 1 N–H and O–H groups in total. The fourth-order valence-corrected chi connectivity index (χ4v) is 2.96. The van der Waals surface area contributed by atoms with Crippen LogP contribution in [0.2, 0.25) is 0 Å². The third-order valence-electron chi connectivity index (χ3n) is 4.28. The lowest BCUT2D eigenvalue weighted by Gasteiger charge is -2.37. The first-order valence-electron chi connectivity index (χ1n) is 8.45. The lowest BCUT2D eigenvalue weighted by molar-refractivity contribution is -0.192. The first-order chi connectivity index (χ1) is 13.0. The highest BCUT2D eigenvalue weighted by Gasteiger charge is 2.42. The number of amides is 2.